The minimum atomic E-state index is -0.525. The number of ether oxygens (including phenoxy) is 2. The fourth-order valence-electron chi connectivity index (χ4n) is 3.48. The molecule has 5 nitrogen and oxygen atoms in total. The Bertz CT molecular complexity index is 777. The van der Waals surface area contributed by atoms with Crippen molar-refractivity contribution >= 4 is 5.91 Å². The predicted octanol–water partition coefficient (Wildman–Crippen LogP) is 2.94. The molecule has 1 atom stereocenters. The lowest BCUT2D eigenvalue weighted by Crippen LogP contribution is -2.46. The Kier molecular flexibility index (Phi) is 6.35. The van der Waals surface area contributed by atoms with Crippen LogP contribution < -0.4 is 15.2 Å². The molecule has 144 valence electrons. The highest BCUT2D eigenvalue weighted by molar-refractivity contribution is 5.82. The summed E-state index contributed by atoms with van der Waals surface area (Å²) in [6.07, 6.45) is 1.35. The Morgan fingerprint density at radius 3 is 2.33 bits per heavy atom. The minimum Gasteiger partial charge on any atom is -0.490 e. The smallest absolute Gasteiger partial charge is 0.240 e. The first kappa shape index (κ1) is 19.2. The molecule has 1 heterocycles. The average molecular weight is 368 g/mol. The van der Waals surface area contributed by atoms with Gasteiger partial charge in [0.25, 0.3) is 0 Å². The summed E-state index contributed by atoms with van der Waals surface area (Å²) in [5, 5.41) is 0. The van der Waals surface area contributed by atoms with E-state index in [9.17, 15) is 4.79 Å². The molecular weight excluding hydrogens is 340 g/mol. The summed E-state index contributed by atoms with van der Waals surface area (Å²) in [5.41, 5.74) is 9.60. The SMILES string of the molecule is CCOc1cc2c(cc1OCC)CN(C(=O)[C@@H](N)Cc1ccccc1)CC2. The molecule has 27 heavy (non-hydrogen) atoms. The topological polar surface area (TPSA) is 64.8 Å². The van der Waals surface area contributed by atoms with E-state index in [1.165, 1.54) is 5.56 Å². The molecular formula is C22H28N2O3. The number of carbonyl (C=O) groups excluding carboxylic acids is 1. The summed E-state index contributed by atoms with van der Waals surface area (Å²) in [7, 11) is 0. The van der Waals surface area contributed by atoms with Gasteiger partial charge in [-0.2, -0.15) is 0 Å². The van der Waals surface area contributed by atoms with Crippen LogP contribution in [0.25, 0.3) is 0 Å². The Balaban J connectivity index is 1.72. The van der Waals surface area contributed by atoms with E-state index < -0.39 is 6.04 Å². The van der Waals surface area contributed by atoms with Gasteiger partial charge < -0.3 is 20.1 Å². The van der Waals surface area contributed by atoms with Crippen molar-refractivity contribution in [3.05, 3.63) is 59.2 Å². The quantitative estimate of drug-likeness (QED) is 0.816. The highest BCUT2D eigenvalue weighted by Gasteiger charge is 2.26. The molecule has 2 N–H and O–H groups in total. The van der Waals surface area contributed by atoms with Crippen LogP contribution in [0.2, 0.25) is 0 Å². The van der Waals surface area contributed by atoms with Crippen molar-refractivity contribution < 1.29 is 14.3 Å². The summed E-state index contributed by atoms with van der Waals surface area (Å²) in [5.74, 6) is 1.51. The van der Waals surface area contributed by atoms with Gasteiger partial charge in [-0.15, -0.1) is 0 Å². The van der Waals surface area contributed by atoms with Gasteiger partial charge in [-0.25, -0.2) is 0 Å². The van der Waals surface area contributed by atoms with Gasteiger partial charge in [-0.3, -0.25) is 4.79 Å². The average Bonchev–Trinajstić information content (AvgIpc) is 2.68. The van der Waals surface area contributed by atoms with Crippen LogP contribution in [0, 0.1) is 0 Å². The zero-order valence-corrected chi connectivity index (χ0v) is 16.1. The van der Waals surface area contributed by atoms with Gasteiger partial charge >= 0.3 is 0 Å². The number of amides is 1. The summed E-state index contributed by atoms with van der Waals surface area (Å²) < 4.78 is 11.4. The highest BCUT2D eigenvalue weighted by Crippen LogP contribution is 2.34. The first-order valence-corrected chi connectivity index (χ1v) is 9.62. The summed E-state index contributed by atoms with van der Waals surface area (Å²) in [6.45, 7) is 6.32. The summed E-state index contributed by atoms with van der Waals surface area (Å²) in [6, 6.07) is 13.4. The molecule has 5 heteroatoms. The van der Waals surface area contributed by atoms with Crippen molar-refractivity contribution in [1.29, 1.82) is 0 Å². The highest BCUT2D eigenvalue weighted by atomic mass is 16.5. The van der Waals surface area contributed by atoms with Crippen molar-refractivity contribution in [3.63, 3.8) is 0 Å². The maximum atomic E-state index is 12.8. The van der Waals surface area contributed by atoms with Crippen LogP contribution in [0.4, 0.5) is 0 Å². The molecule has 2 aromatic rings. The van der Waals surface area contributed by atoms with Crippen LogP contribution in [0.1, 0.15) is 30.5 Å². The van der Waals surface area contributed by atoms with Crippen LogP contribution in [-0.4, -0.2) is 36.6 Å². The zero-order valence-electron chi connectivity index (χ0n) is 16.1. The predicted molar refractivity (Wildman–Crippen MR) is 106 cm³/mol. The van der Waals surface area contributed by atoms with Crippen LogP contribution >= 0.6 is 0 Å². The molecule has 0 bridgehead atoms. The molecule has 0 saturated carbocycles. The Labute approximate surface area is 161 Å². The maximum Gasteiger partial charge on any atom is 0.240 e. The zero-order chi connectivity index (χ0) is 19.2. The molecule has 0 radical (unpaired) electrons. The molecule has 0 spiro atoms. The first-order chi connectivity index (χ1) is 13.1. The number of hydrogen-bond donors (Lipinski definition) is 1. The third-order valence-electron chi connectivity index (χ3n) is 4.81. The minimum absolute atomic E-state index is 0.00338. The third-order valence-corrected chi connectivity index (χ3v) is 4.81. The fourth-order valence-corrected chi connectivity index (χ4v) is 3.48. The number of hydrogen-bond acceptors (Lipinski definition) is 4. The molecule has 0 saturated heterocycles. The number of rotatable bonds is 7. The number of fused-ring (bicyclic) bond motifs is 1. The van der Waals surface area contributed by atoms with Crippen LogP contribution in [-0.2, 0) is 24.2 Å². The second kappa shape index (κ2) is 8.91. The second-order valence-corrected chi connectivity index (χ2v) is 6.74. The van der Waals surface area contributed by atoms with E-state index in [-0.39, 0.29) is 5.91 Å². The van der Waals surface area contributed by atoms with Crippen LogP contribution in [0.3, 0.4) is 0 Å². The molecule has 1 amide bonds. The molecule has 0 aliphatic carbocycles. The summed E-state index contributed by atoms with van der Waals surface area (Å²) in [4.78, 5) is 14.7. The largest absolute Gasteiger partial charge is 0.490 e. The first-order valence-electron chi connectivity index (χ1n) is 9.62. The van der Waals surface area contributed by atoms with Crippen molar-refractivity contribution in [1.82, 2.24) is 4.90 Å². The second-order valence-electron chi connectivity index (χ2n) is 6.74. The molecule has 3 rings (SSSR count). The molecule has 0 aromatic heterocycles. The Morgan fingerprint density at radius 2 is 1.70 bits per heavy atom. The van der Waals surface area contributed by atoms with E-state index in [1.807, 2.05) is 55.1 Å². The van der Waals surface area contributed by atoms with Crippen molar-refractivity contribution in [2.24, 2.45) is 5.73 Å². The Hall–Kier alpha value is -2.53. The lowest BCUT2D eigenvalue weighted by molar-refractivity contribution is -0.133. The number of nitrogens with zero attached hydrogens (tertiary/aromatic N) is 1. The number of benzene rings is 2. The van der Waals surface area contributed by atoms with Crippen LogP contribution in [0.15, 0.2) is 42.5 Å². The summed E-state index contributed by atoms with van der Waals surface area (Å²) >= 11 is 0. The van der Waals surface area contributed by atoms with Gasteiger partial charge in [0, 0.05) is 13.1 Å². The van der Waals surface area contributed by atoms with E-state index in [4.69, 9.17) is 15.2 Å². The standard InChI is InChI=1S/C22H28N2O3/c1-3-26-20-13-17-10-11-24(15-18(17)14-21(20)27-4-2)22(25)19(23)12-16-8-6-5-7-9-16/h5-9,13-14,19H,3-4,10-12,15,23H2,1-2H3/t19-/m0/s1. The normalized spacial score (nSPS) is 14.4. The van der Waals surface area contributed by atoms with Crippen molar-refractivity contribution in [3.8, 4) is 11.5 Å². The molecule has 2 aromatic carbocycles. The molecule has 1 aliphatic rings. The van der Waals surface area contributed by atoms with E-state index in [0.29, 0.717) is 32.7 Å². The van der Waals surface area contributed by atoms with Gasteiger partial charge in [-0.1, -0.05) is 30.3 Å². The Morgan fingerprint density at radius 1 is 1.07 bits per heavy atom. The van der Waals surface area contributed by atoms with E-state index >= 15 is 0 Å². The monoisotopic (exact) mass is 368 g/mol. The fraction of sp³-hybridized carbons (Fsp3) is 0.409. The van der Waals surface area contributed by atoms with Gasteiger partial charge in [0.15, 0.2) is 11.5 Å². The third kappa shape index (κ3) is 4.61. The molecule has 0 fully saturated rings. The van der Waals surface area contributed by atoms with Gasteiger partial charge in [0.05, 0.1) is 19.3 Å². The lowest BCUT2D eigenvalue weighted by Gasteiger charge is -2.31. The van der Waals surface area contributed by atoms with Gasteiger partial charge in [-0.05, 0) is 55.5 Å². The van der Waals surface area contributed by atoms with Crippen molar-refractivity contribution in [2.45, 2.75) is 39.3 Å². The van der Waals surface area contributed by atoms with Crippen molar-refractivity contribution in [2.75, 3.05) is 19.8 Å². The molecule has 1 aliphatic heterocycles. The van der Waals surface area contributed by atoms with Crippen LogP contribution in [0.5, 0.6) is 11.5 Å². The van der Waals surface area contributed by atoms with E-state index in [2.05, 4.69) is 6.07 Å². The molecule has 0 unspecified atom stereocenters. The number of nitrogens with two attached hydrogens (primary N) is 1. The van der Waals surface area contributed by atoms with Gasteiger partial charge in [0.2, 0.25) is 5.91 Å². The lowest BCUT2D eigenvalue weighted by atomic mass is 9.97. The maximum absolute atomic E-state index is 12.8. The van der Waals surface area contributed by atoms with E-state index in [1.54, 1.807) is 0 Å². The number of carbonyl (C=O) groups is 1. The van der Waals surface area contributed by atoms with E-state index in [0.717, 1.165) is 29.0 Å². The van der Waals surface area contributed by atoms with Gasteiger partial charge in [0.1, 0.15) is 0 Å².